The Kier molecular flexibility index (Phi) is 5.94. The topological polar surface area (TPSA) is 41.6 Å². The maximum Gasteiger partial charge on any atom is 0.257 e. The first-order valence-electron chi connectivity index (χ1n) is 9.02. The molecule has 0 fully saturated rings. The van der Waals surface area contributed by atoms with Crippen LogP contribution in [0.1, 0.15) is 24.0 Å². The van der Waals surface area contributed by atoms with Gasteiger partial charge in [-0.05, 0) is 49.4 Å². The van der Waals surface area contributed by atoms with Crippen LogP contribution in [0.3, 0.4) is 0 Å². The number of aryl methyl sites for hydroxylation is 2. The standard InChI is InChI=1S/C21H26N2O2/c1-17-8-2-5-12-20(17)25-16-21(24)22-13-7-15-23-14-6-10-18-9-3-4-11-19(18)23/h2-5,8-9,11-12H,6-7,10,13-16H2,1H3,(H,22,24). The predicted octanol–water partition coefficient (Wildman–Crippen LogP) is 3.33. The number of nitrogens with one attached hydrogen (secondary N) is 1. The normalized spacial score (nSPS) is 13.2. The Bertz CT molecular complexity index is 715. The van der Waals surface area contributed by atoms with Crippen molar-refractivity contribution >= 4 is 11.6 Å². The van der Waals surface area contributed by atoms with Crippen LogP contribution in [0.5, 0.6) is 5.75 Å². The minimum atomic E-state index is -0.0673. The minimum absolute atomic E-state index is 0.0669. The van der Waals surface area contributed by atoms with E-state index in [1.807, 2.05) is 31.2 Å². The van der Waals surface area contributed by atoms with Crippen molar-refractivity contribution in [3.05, 3.63) is 59.7 Å². The summed E-state index contributed by atoms with van der Waals surface area (Å²) in [7, 11) is 0. The average molecular weight is 338 g/mol. The molecule has 4 heteroatoms. The number of nitrogens with zero attached hydrogens (tertiary/aromatic N) is 1. The lowest BCUT2D eigenvalue weighted by molar-refractivity contribution is -0.123. The molecule has 1 aliphatic rings. The van der Waals surface area contributed by atoms with Gasteiger partial charge in [0.2, 0.25) is 0 Å². The van der Waals surface area contributed by atoms with Gasteiger partial charge >= 0.3 is 0 Å². The lowest BCUT2D eigenvalue weighted by Gasteiger charge is -2.31. The van der Waals surface area contributed by atoms with Gasteiger partial charge in [-0.25, -0.2) is 0 Å². The fraction of sp³-hybridized carbons (Fsp3) is 0.381. The van der Waals surface area contributed by atoms with Crippen LogP contribution in [0, 0.1) is 6.92 Å². The number of rotatable bonds is 7. The quantitative estimate of drug-likeness (QED) is 0.787. The SMILES string of the molecule is Cc1ccccc1OCC(=O)NCCCN1CCCc2ccccc21. The van der Waals surface area contributed by atoms with E-state index in [1.54, 1.807) is 0 Å². The molecular weight excluding hydrogens is 312 g/mol. The highest BCUT2D eigenvalue weighted by Gasteiger charge is 2.15. The molecule has 0 saturated heterocycles. The van der Waals surface area contributed by atoms with Crippen LogP contribution in [0.15, 0.2) is 48.5 Å². The van der Waals surface area contributed by atoms with Gasteiger partial charge in [0.25, 0.3) is 5.91 Å². The second-order valence-corrected chi connectivity index (χ2v) is 6.48. The molecule has 0 aliphatic carbocycles. The summed E-state index contributed by atoms with van der Waals surface area (Å²) >= 11 is 0. The highest BCUT2D eigenvalue weighted by Crippen LogP contribution is 2.26. The van der Waals surface area contributed by atoms with Gasteiger partial charge in [0, 0.05) is 25.3 Å². The second kappa shape index (κ2) is 8.56. The molecule has 0 saturated carbocycles. The predicted molar refractivity (Wildman–Crippen MR) is 101 cm³/mol. The van der Waals surface area contributed by atoms with Gasteiger partial charge in [0.1, 0.15) is 5.75 Å². The Morgan fingerprint density at radius 2 is 1.96 bits per heavy atom. The number of para-hydroxylation sites is 2. The van der Waals surface area contributed by atoms with Crippen LogP contribution < -0.4 is 15.0 Å². The Morgan fingerprint density at radius 3 is 2.84 bits per heavy atom. The molecule has 2 aromatic carbocycles. The van der Waals surface area contributed by atoms with Crippen molar-refractivity contribution in [3.8, 4) is 5.75 Å². The fourth-order valence-electron chi connectivity index (χ4n) is 3.25. The second-order valence-electron chi connectivity index (χ2n) is 6.48. The molecule has 1 N–H and O–H groups in total. The van der Waals surface area contributed by atoms with Crippen LogP contribution in [0.2, 0.25) is 0 Å². The smallest absolute Gasteiger partial charge is 0.257 e. The van der Waals surface area contributed by atoms with Crippen LogP contribution in [-0.2, 0) is 11.2 Å². The number of anilines is 1. The van der Waals surface area contributed by atoms with E-state index in [0.717, 1.165) is 30.8 Å². The van der Waals surface area contributed by atoms with E-state index in [4.69, 9.17) is 4.74 Å². The molecule has 0 bridgehead atoms. The lowest BCUT2D eigenvalue weighted by Crippen LogP contribution is -2.34. The Labute approximate surface area is 149 Å². The summed E-state index contributed by atoms with van der Waals surface area (Å²) < 4.78 is 5.57. The molecule has 1 aliphatic heterocycles. The number of hydrogen-bond acceptors (Lipinski definition) is 3. The van der Waals surface area contributed by atoms with E-state index in [2.05, 4.69) is 34.5 Å². The summed E-state index contributed by atoms with van der Waals surface area (Å²) in [6, 6.07) is 16.4. The minimum Gasteiger partial charge on any atom is -0.484 e. The third-order valence-corrected chi connectivity index (χ3v) is 4.59. The first-order valence-corrected chi connectivity index (χ1v) is 9.02. The molecular formula is C21H26N2O2. The molecule has 0 atom stereocenters. The monoisotopic (exact) mass is 338 g/mol. The molecule has 2 aromatic rings. The van der Waals surface area contributed by atoms with Crippen molar-refractivity contribution in [3.63, 3.8) is 0 Å². The van der Waals surface area contributed by atoms with Crippen LogP contribution in [-0.4, -0.2) is 32.1 Å². The van der Waals surface area contributed by atoms with E-state index in [0.29, 0.717) is 6.54 Å². The summed E-state index contributed by atoms with van der Waals surface area (Å²) in [6.45, 7) is 4.78. The zero-order valence-corrected chi connectivity index (χ0v) is 14.8. The van der Waals surface area contributed by atoms with Crippen molar-refractivity contribution in [1.82, 2.24) is 5.32 Å². The summed E-state index contributed by atoms with van der Waals surface area (Å²) in [5.41, 5.74) is 3.83. The highest BCUT2D eigenvalue weighted by molar-refractivity contribution is 5.77. The van der Waals surface area contributed by atoms with E-state index >= 15 is 0 Å². The molecule has 132 valence electrons. The molecule has 0 unspecified atom stereocenters. The van der Waals surface area contributed by atoms with Gasteiger partial charge in [-0.1, -0.05) is 36.4 Å². The molecule has 1 amide bonds. The zero-order valence-electron chi connectivity index (χ0n) is 14.8. The van der Waals surface area contributed by atoms with E-state index in [1.165, 1.54) is 24.1 Å². The van der Waals surface area contributed by atoms with Crippen molar-refractivity contribution in [2.45, 2.75) is 26.2 Å². The third kappa shape index (κ3) is 4.75. The Morgan fingerprint density at radius 1 is 1.16 bits per heavy atom. The summed E-state index contributed by atoms with van der Waals surface area (Å²) in [5.74, 6) is 0.699. The molecule has 1 heterocycles. The van der Waals surface area contributed by atoms with Gasteiger partial charge in [-0.3, -0.25) is 4.79 Å². The van der Waals surface area contributed by atoms with Crippen molar-refractivity contribution in [1.29, 1.82) is 0 Å². The fourth-order valence-corrected chi connectivity index (χ4v) is 3.25. The number of hydrogen-bond donors (Lipinski definition) is 1. The lowest BCUT2D eigenvalue weighted by atomic mass is 10.0. The molecule has 4 nitrogen and oxygen atoms in total. The molecule has 3 rings (SSSR count). The van der Waals surface area contributed by atoms with Crippen molar-refractivity contribution in [2.75, 3.05) is 31.1 Å². The third-order valence-electron chi connectivity index (χ3n) is 4.59. The van der Waals surface area contributed by atoms with Gasteiger partial charge in [-0.15, -0.1) is 0 Å². The number of carbonyl (C=O) groups excluding carboxylic acids is 1. The summed E-state index contributed by atoms with van der Waals surface area (Å²) in [6.07, 6.45) is 3.30. The number of fused-ring (bicyclic) bond motifs is 1. The van der Waals surface area contributed by atoms with Crippen LogP contribution >= 0.6 is 0 Å². The van der Waals surface area contributed by atoms with Gasteiger partial charge in [-0.2, -0.15) is 0 Å². The molecule has 0 spiro atoms. The molecule has 25 heavy (non-hydrogen) atoms. The zero-order chi connectivity index (χ0) is 17.5. The largest absolute Gasteiger partial charge is 0.484 e. The number of ether oxygens (including phenoxy) is 1. The average Bonchev–Trinajstić information content (AvgIpc) is 2.64. The maximum atomic E-state index is 11.9. The van der Waals surface area contributed by atoms with Crippen LogP contribution in [0.4, 0.5) is 5.69 Å². The van der Waals surface area contributed by atoms with Crippen molar-refractivity contribution in [2.24, 2.45) is 0 Å². The Hall–Kier alpha value is -2.49. The highest BCUT2D eigenvalue weighted by atomic mass is 16.5. The number of carbonyl (C=O) groups is 1. The molecule has 0 aromatic heterocycles. The maximum absolute atomic E-state index is 11.9. The summed E-state index contributed by atoms with van der Waals surface area (Å²) in [5, 5.41) is 2.95. The number of amides is 1. The van der Waals surface area contributed by atoms with Crippen molar-refractivity contribution < 1.29 is 9.53 Å². The van der Waals surface area contributed by atoms with Gasteiger partial charge in [0.05, 0.1) is 0 Å². The van der Waals surface area contributed by atoms with Gasteiger partial charge in [0.15, 0.2) is 6.61 Å². The summed E-state index contributed by atoms with van der Waals surface area (Å²) in [4.78, 5) is 14.4. The first-order chi connectivity index (χ1) is 12.2. The van der Waals surface area contributed by atoms with E-state index in [-0.39, 0.29) is 12.5 Å². The first kappa shape index (κ1) is 17.3. The van der Waals surface area contributed by atoms with E-state index in [9.17, 15) is 4.79 Å². The number of benzene rings is 2. The Balaban J connectivity index is 1.38. The van der Waals surface area contributed by atoms with Crippen LogP contribution in [0.25, 0.3) is 0 Å². The molecule has 0 radical (unpaired) electrons. The van der Waals surface area contributed by atoms with Gasteiger partial charge < -0.3 is 15.0 Å². The van der Waals surface area contributed by atoms with E-state index < -0.39 is 0 Å².